The van der Waals surface area contributed by atoms with Crippen LogP contribution in [0.1, 0.15) is 36.2 Å². The first kappa shape index (κ1) is 14.4. The summed E-state index contributed by atoms with van der Waals surface area (Å²) in [5, 5.41) is 13.0. The van der Waals surface area contributed by atoms with Crippen LogP contribution in [-0.4, -0.2) is 26.9 Å². The van der Waals surface area contributed by atoms with Gasteiger partial charge in [-0.2, -0.15) is 28.6 Å². The van der Waals surface area contributed by atoms with Crippen LogP contribution in [0, 0.1) is 0 Å². The van der Waals surface area contributed by atoms with Crippen molar-refractivity contribution in [3.8, 4) is 0 Å². The van der Waals surface area contributed by atoms with E-state index in [9.17, 15) is 13.2 Å². The summed E-state index contributed by atoms with van der Waals surface area (Å²) in [5.41, 5.74) is -0.275. The third kappa shape index (κ3) is 3.13. The van der Waals surface area contributed by atoms with Crippen molar-refractivity contribution < 1.29 is 13.2 Å². The molecule has 0 aromatic carbocycles. The number of halogens is 3. The number of rotatable bonds is 5. The summed E-state index contributed by atoms with van der Waals surface area (Å²) in [4.78, 5) is 3.80. The quantitative estimate of drug-likeness (QED) is 0.884. The molecule has 2 rings (SSSR count). The summed E-state index contributed by atoms with van der Waals surface area (Å²) >= 11 is 0. The Balaban J connectivity index is 2.44. The van der Waals surface area contributed by atoms with Crippen molar-refractivity contribution >= 4 is 0 Å². The maximum Gasteiger partial charge on any atom is 0.416 e. The van der Waals surface area contributed by atoms with Gasteiger partial charge in [0.2, 0.25) is 0 Å². The normalized spacial score (nSPS) is 13.4. The number of aromatic nitrogens is 4. The number of hydrogen-bond acceptors (Lipinski definition) is 4. The Labute approximate surface area is 113 Å². The van der Waals surface area contributed by atoms with Gasteiger partial charge in [0.05, 0.1) is 17.8 Å². The maximum absolute atomic E-state index is 13.1. The molecular weight excluding hydrogens is 271 g/mol. The van der Waals surface area contributed by atoms with Crippen LogP contribution in [0.5, 0.6) is 0 Å². The fourth-order valence-electron chi connectivity index (χ4n) is 1.91. The van der Waals surface area contributed by atoms with E-state index in [0.717, 1.165) is 18.7 Å². The van der Waals surface area contributed by atoms with E-state index in [-0.39, 0.29) is 5.56 Å². The van der Waals surface area contributed by atoms with E-state index < -0.39 is 17.8 Å². The molecule has 8 heteroatoms. The Morgan fingerprint density at radius 3 is 2.75 bits per heavy atom. The molecule has 0 saturated carbocycles. The first-order chi connectivity index (χ1) is 9.54. The number of pyridine rings is 1. The SMILES string of the molecule is CCCNC(c1cn[nH]n1)c1cnccc1C(F)(F)F. The van der Waals surface area contributed by atoms with Crippen molar-refractivity contribution in [1.29, 1.82) is 0 Å². The van der Waals surface area contributed by atoms with E-state index in [1.165, 1.54) is 12.4 Å². The van der Waals surface area contributed by atoms with Crippen molar-refractivity contribution in [3.63, 3.8) is 0 Å². The molecule has 20 heavy (non-hydrogen) atoms. The van der Waals surface area contributed by atoms with Crippen LogP contribution >= 0.6 is 0 Å². The van der Waals surface area contributed by atoms with Gasteiger partial charge in [-0.3, -0.25) is 4.98 Å². The molecule has 1 unspecified atom stereocenters. The fraction of sp³-hybridized carbons (Fsp3) is 0.417. The third-order valence-electron chi connectivity index (χ3n) is 2.80. The largest absolute Gasteiger partial charge is 0.416 e. The lowest BCUT2D eigenvalue weighted by molar-refractivity contribution is -0.138. The molecule has 0 bridgehead atoms. The van der Waals surface area contributed by atoms with Crippen molar-refractivity contribution in [1.82, 2.24) is 25.7 Å². The average Bonchev–Trinajstić information content (AvgIpc) is 2.92. The number of nitrogens with zero attached hydrogens (tertiary/aromatic N) is 3. The molecule has 0 aliphatic carbocycles. The van der Waals surface area contributed by atoms with Crippen LogP contribution in [0.2, 0.25) is 0 Å². The standard InChI is InChI=1S/C12H14F3N5/c1-2-4-17-11(10-7-18-20-19-10)8-6-16-5-3-9(8)12(13,14)15/h3,5-7,11,17H,2,4H2,1H3,(H,18,19,20). The van der Waals surface area contributed by atoms with Crippen LogP contribution in [0.25, 0.3) is 0 Å². The second-order valence-corrected chi connectivity index (χ2v) is 4.24. The van der Waals surface area contributed by atoms with Gasteiger partial charge in [-0.1, -0.05) is 6.92 Å². The van der Waals surface area contributed by atoms with Gasteiger partial charge in [-0.25, -0.2) is 0 Å². The molecule has 0 aliphatic heterocycles. The lowest BCUT2D eigenvalue weighted by atomic mass is 10.00. The highest BCUT2D eigenvalue weighted by Gasteiger charge is 2.36. The zero-order valence-electron chi connectivity index (χ0n) is 10.8. The maximum atomic E-state index is 13.1. The molecule has 0 aliphatic rings. The van der Waals surface area contributed by atoms with E-state index in [0.29, 0.717) is 12.2 Å². The summed E-state index contributed by atoms with van der Waals surface area (Å²) < 4.78 is 39.2. The lowest BCUT2D eigenvalue weighted by Crippen LogP contribution is -2.26. The minimum Gasteiger partial charge on any atom is -0.305 e. The van der Waals surface area contributed by atoms with Crippen LogP contribution in [0.4, 0.5) is 13.2 Å². The summed E-state index contributed by atoms with van der Waals surface area (Å²) in [5.74, 6) is 0. The second-order valence-electron chi connectivity index (χ2n) is 4.24. The predicted octanol–water partition coefficient (Wildman–Crippen LogP) is 2.31. The van der Waals surface area contributed by atoms with Gasteiger partial charge >= 0.3 is 6.18 Å². The Morgan fingerprint density at radius 2 is 2.15 bits per heavy atom. The summed E-state index contributed by atoms with van der Waals surface area (Å²) in [6, 6.07) is 0.273. The Kier molecular flexibility index (Phi) is 4.33. The molecule has 0 spiro atoms. The van der Waals surface area contributed by atoms with Gasteiger partial charge in [0.1, 0.15) is 5.69 Å². The van der Waals surface area contributed by atoms with Crippen molar-refractivity contribution in [2.24, 2.45) is 0 Å². The summed E-state index contributed by atoms with van der Waals surface area (Å²) in [7, 11) is 0. The van der Waals surface area contributed by atoms with Gasteiger partial charge in [-0.15, -0.1) is 0 Å². The summed E-state index contributed by atoms with van der Waals surface area (Å²) in [6.07, 6.45) is 0.0986. The van der Waals surface area contributed by atoms with Gasteiger partial charge in [-0.05, 0) is 19.0 Å². The highest BCUT2D eigenvalue weighted by Crippen LogP contribution is 2.35. The monoisotopic (exact) mass is 285 g/mol. The topological polar surface area (TPSA) is 66.5 Å². The smallest absolute Gasteiger partial charge is 0.305 e. The van der Waals surface area contributed by atoms with Crippen LogP contribution in [0.15, 0.2) is 24.7 Å². The number of aromatic amines is 1. The van der Waals surface area contributed by atoms with E-state index in [1.54, 1.807) is 0 Å². The summed E-state index contributed by atoms with van der Waals surface area (Å²) in [6.45, 7) is 2.49. The Bertz CT molecular complexity index is 538. The molecular formula is C12H14F3N5. The molecule has 108 valence electrons. The number of nitrogens with one attached hydrogen (secondary N) is 2. The van der Waals surface area contributed by atoms with Crippen LogP contribution < -0.4 is 5.32 Å². The zero-order chi connectivity index (χ0) is 14.6. The van der Waals surface area contributed by atoms with Crippen molar-refractivity contribution in [2.45, 2.75) is 25.6 Å². The second kappa shape index (κ2) is 6.00. The van der Waals surface area contributed by atoms with Gasteiger partial charge in [0.15, 0.2) is 0 Å². The predicted molar refractivity (Wildman–Crippen MR) is 65.8 cm³/mol. The molecule has 0 radical (unpaired) electrons. The third-order valence-corrected chi connectivity index (χ3v) is 2.80. The minimum absolute atomic E-state index is 0.0438. The van der Waals surface area contributed by atoms with E-state index in [1.807, 2.05) is 6.92 Å². The molecule has 0 amide bonds. The first-order valence-corrected chi connectivity index (χ1v) is 6.14. The Morgan fingerprint density at radius 1 is 1.35 bits per heavy atom. The lowest BCUT2D eigenvalue weighted by Gasteiger charge is -2.20. The highest BCUT2D eigenvalue weighted by molar-refractivity contribution is 5.33. The van der Waals surface area contributed by atoms with E-state index >= 15 is 0 Å². The van der Waals surface area contributed by atoms with Gasteiger partial charge in [0.25, 0.3) is 0 Å². The van der Waals surface area contributed by atoms with Crippen LogP contribution in [0.3, 0.4) is 0 Å². The molecule has 1 atom stereocenters. The Hall–Kier alpha value is -1.96. The molecule has 5 nitrogen and oxygen atoms in total. The number of H-pyrrole nitrogens is 1. The minimum atomic E-state index is -4.44. The molecule has 2 N–H and O–H groups in total. The van der Waals surface area contributed by atoms with Crippen molar-refractivity contribution in [3.05, 3.63) is 41.5 Å². The zero-order valence-corrected chi connectivity index (χ0v) is 10.8. The van der Waals surface area contributed by atoms with Crippen molar-refractivity contribution in [2.75, 3.05) is 6.54 Å². The molecule has 2 aromatic rings. The molecule has 0 saturated heterocycles. The van der Waals surface area contributed by atoms with Gasteiger partial charge in [0, 0.05) is 18.0 Å². The number of alkyl halides is 3. The molecule has 2 heterocycles. The fourth-order valence-corrected chi connectivity index (χ4v) is 1.91. The highest BCUT2D eigenvalue weighted by atomic mass is 19.4. The molecule has 0 fully saturated rings. The van der Waals surface area contributed by atoms with Gasteiger partial charge < -0.3 is 5.32 Å². The first-order valence-electron chi connectivity index (χ1n) is 6.14. The van der Waals surface area contributed by atoms with E-state index in [2.05, 4.69) is 25.7 Å². The molecule has 2 aromatic heterocycles. The number of hydrogen-bond donors (Lipinski definition) is 2. The average molecular weight is 285 g/mol. The van der Waals surface area contributed by atoms with Crippen LogP contribution in [-0.2, 0) is 6.18 Å². The van der Waals surface area contributed by atoms with E-state index in [4.69, 9.17) is 0 Å².